The first-order chi connectivity index (χ1) is 6.38. The summed E-state index contributed by atoms with van der Waals surface area (Å²) in [6, 6.07) is 0. The van der Waals surface area contributed by atoms with Gasteiger partial charge in [0.15, 0.2) is 0 Å². The molecule has 2 rings (SSSR count). The predicted octanol–water partition coefficient (Wildman–Crippen LogP) is 0.190. The van der Waals surface area contributed by atoms with E-state index in [2.05, 4.69) is 14.9 Å². The van der Waals surface area contributed by atoms with Gasteiger partial charge in [0.2, 0.25) is 0 Å². The topological polar surface area (TPSA) is 57.9 Å². The smallest absolute Gasteiger partial charge is 0.120 e. The van der Waals surface area contributed by atoms with Gasteiger partial charge >= 0.3 is 0 Å². The van der Waals surface area contributed by atoms with Crippen LogP contribution in [0.1, 0.15) is 12.2 Å². The second-order valence-electron chi connectivity index (χ2n) is 3.66. The van der Waals surface area contributed by atoms with Gasteiger partial charge in [-0.3, -0.25) is 4.90 Å². The molecule has 0 spiro atoms. The summed E-state index contributed by atoms with van der Waals surface area (Å²) in [5, 5.41) is 0. The molecule has 0 aromatic carbocycles. The van der Waals surface area contributed by atoms with Gasteiger partial charge in [0.1, 0.15) is 5.82 Å². The van der Waals surface area contributed by atoms with Gasteiger partial charge in [-0.2, -0.15) is 0 Å². The first-order valence-electron chi connectivity index (χ1n) is 4.79. The number of hydrogen-bond acceptors (Lipinski definition) is 3. The van der Waals surface area contributed by atoms with Crippen molar-refractivity contribution in [2.24, 2.45) is 11.7 Å². The third-order valence-electron chi connectivity index (χ3n) is 2.63. The molecule has 0 bridgehead atoms. The highest BCUT2D eigenvalue weighted by Gasteiger charge is 2.21. The molecule has 0 aliphatic carbocycles. The van der Waals surface area contributed by atoms with Gasteiger partial charge in [-0.15, -0.1) is 0 Å². The van der Waals surface area contributed by atoms with E-state index in [1.54, 1.807) is 6.20 Å². The van der Waals surface area contributed by atoms with E-state index < -0.39 is 0 Å². The van der Waals surface area contributed by atoms with E-state index in [9.17, 15) is 0 Å². The summed E-state index contributed by atoms with van der Waals surface area (Å²) in [7, 11) is 0. The summed E-state index contributed by atoms with van der Waals surface area (Å²) >= 11 is 0. The number of aromatic amines is 1. The lowest BCUT2D eigenvalue weighted by Crippen LogP contribution is -2.23. The normalized spacial score (nSPS) is 23.9. The Bertz CT molecular complexity index is 244. The molecule has 3 N–H and O–H groups in total. The van der Waals surface area contributed by atoms with Crippen molar-refractivity contribution in [3.63, 3.8) is 0 Å². The maximum atomic E-state index is 5.62. The van der Waals surface area contributed by atoms with E-state index in [0.29, 0.717) is 5.92 Å². The van der Waals surface area contributed by atoms with Gasteiger partial charge in [0.25, 0.3) is 0 Å². The largest absolute Gasteiger partial charge is 0.348 e. The van der Waals surface area contributed by atoms with Crippen molar-refractivity contribution in [2.75, 3.05) is 19.6 Å². The number of aromatic nitrogens is 2. The number of nitrogens with two attached hydrogens (primary N) is 1. The molecule has 0 radical (unpaired) electrons. The van der Waals surface area contributed by atoms with E-state index in [1.165, 1.54) is 6.42 Å². The fourth-order valence-electron chi connectivity index (χ4n) is 1.85. The van der Waals surface area contributed by atoms with E-state index in [0.717, 1.165) is 32.0 Å². The van der Waals surface area contributed by atoms with Gasteiger partial charge in [-0.25, -0.2) is 4.98 Å². The Morgan fingerprint density at radius 3 is 3.23 bits per heavy atom. The van der Waals surface area contributed by atoms with Crippen LogP contribution in [0.5, 0.6) is 0 Å². The van der Waals surface area contributed by atoms with Crippen molar-refractivity contribution in [1.82, 2.24) is 14.9 Å². The number of imidazole rings is 1. The van der Waals surface area contributed by atoms with E-state index >= 15 is 0 Å². The zero-order chi connectivity index (χ0) is 9.10. The zero-order valence-electron chi connectivity index (χ0n) is 7.74. The average molecular weight is 180 g/mol. The molecule has 1 aromatic heterocycles. The molecule has 1 aromatic rings. The molecule has 0 amide bonds. The molecular formula is C9H16N4. The first-order valence-corrected chi connectivity index (χ1v) is 4.79. The van der Waals surface area contributed by atoms with Crippen molar-refractivity contribution in [1.29, 1.82) is 0 Å². The summed E-state index contributed by atoms with van der Waals surface area (Å²) < 4.78 is 0. The molecule has 72 valence electrons. The summed E-state index contributed by atoms with van der Waals surface area (Å²) in [4.78, 5) is 9.71. The highest BCUT2D eigenvalue weighted by molar-refractivity contribution is 4.88. The van der Waals surface area contributed by atoms with E-state index in [4.69, 9.17) is 5.73 Å². The van der Waals surface area contributed by atoms with Crippen molar-refractivity contribution in [2.45, 2.75) is 13.0 Å². The molecule has 2 heterocycles. The summed E-state index contributed by atoms with van der Waals surface area (Å²) in [6.07, 6.45) is 4.90. The highest BCUT2D eigenvalue weighted by Crippen LogP contribution is 2.15. The zero-order valence-corrected chi connectivity index (χ0v) is 7.74. The van der Waals surface area contributed by atoms with Crippen LogP contribution in [-0.2, 0) is 6.54 Å². The van der Waals surface area contributed by atoms with Crippen LogP contribution in [-0.4, -0.2) is 34.5 Å². The minimum Gasteiger partial charge on any atom is -0.348 e. The Morgan fingerprint density at radius 2 is 2.62 bits per heavy atom. The van der Waals surface area contributed by atoms with Crippen molar-refractivity contribution in [3.8, 4) is 0 Å². The monoisotopic (exact) mass is 180 g/mol. The second-order valence-corrected chi connectivity index (χ2v) is 3.66. The Morgan fingerprint density at radius 1 is 1.69 bits per heavy atom. The highest BCUT2D eigenvalue weighted by atomic mass is 15.2. The van der Waals surface area contributed by atoms with E-state index in [-0.39, 0.29) is 0 Å². The Labute approximate surface area is 78.1 Å². The Balaban J connectivity index is 1.84. The van der Waals surface area contributed by atoms with Crippen LogP contribution >= 0.6 is 0 Å². The number of hydrogen-bond donors (Lipinski definition) is 2. The molecule has 13 heavy (non-hydrogen) atoms. The molecule has 1 unspecified atom stereocenters. The number of H-pyrrole nitrogens is 1. The molecule has 1 atom stereocenters. The van der Waals surface area contributed by atoms with Crippen LogP contribution in [0.25, 0.3) is 0 Å². The molecule has 1 aliphatic rings. The van der Waals surface area contributed by atoms with E-state index in [1.807, 2.05) is 6.20 Å². The fourth-order valence-corrected chi connectivity index (χ4v) is 1.85. The first kappa shape index (κ1) is 8.72. The second kappa shape index (κ2) is 3.89. The van der Waals surface area contributed by atoms with Gasteiger partial charge in [0.05, 0.1) is 6.54 Å². The maximum Gasteiger partial charge on any atom is 0.120 e. The average Bonchev–Trinajstić information content (AvgIpc) is 2.76. The van der Waals surface area contributed by atoms with Gasteiger partial charge in [0, 0.05) is 18.9 Å². The molecule has 4 nitrogen and oxygen atoms in total. The number of likely N-dealkylation sites (tertiary alicyclic amines) is 1. The number of nitrogens with zero attached hydrogens (tertiary/aromatic N) is 2. The third kappa shape index (κ3) is 2.08. The van der Waals surface area contributed by atoms with Gasteiger partial charge < -0.3 is 10.7 Å². The van der Waals surface area contributed by atoms with Crippen LogP contribution in [0, 0.1) is 5.92 Å². The third-order valence-corrected chi connectivity index (χ3v) is 2.63. The van der Waals surface area contributed by atoms with Crippen molar-refractivity contribution >= 4 is 0 Å². The summed E-state index contributed by atoms with van der Waals surface area (Å²) in [6.45, 7) is 4.03. The Kier molecular flexibility index (Phi) is 2.61. The van der Waals surface area contributed by atoms with Gasteiger partial charge in [-0.05, 0) is 25.4 Å². The molecule has 4 heteroatoms. The van der Waals surface area contributed by atoms with Crippen LogP contribution in [0.2, 0.25) is 0 Å². The quantitative estimate of drug-likeness (QED) is 0.698. The summed E-state index contributed by atoms with van der Waals surface area (Å²) in [5.74, 6) is 1.74. The molecule has 0 saturated carbocycles. The Hall–Kier alpha value is -0.870. The molecular weight excluding hydrogens is 164 g/mol. The maximum absolute atomic E-state index is 5.62. The van der Waals surface area contributed by atoms with Crippen molar-refractivity contribution < 1.29 is 0 Å². The lowest BCUT2D eigenvalue weighted by molar-refractivity contribution is 0.310. The minimum atomic E-state index is 0.690. The molecule has 1 fully saturated rings. The van der Waals surface area contributed by atoms with Crippen LogP contribution in [0.15, 0.2) is 12.4 Å². The van der Waals surface area contributed by atoms with Gasteiger partial charge in [-0.1, -0.05) is 0 Å². The van der Waals surface area contributed by atoms with Crippen molar-refractivity contribution in [3.05, 3.63) is 18.2 Å². The SMILES string of the molecule is NCC1CCN(Cc2ncc[nH]2)C1. The predicted molar refractivity (Wildman–Crippen MR) is 51.0 cm³/mol. The van der Waals surface area contributed by atoms with Crippen LogP contribution in [0.4, 0.5) is 0 Å². The standard InChI is InChI=1S/C9H16N4/c10-5-8-1-4-13(6-8)7-9-11-2-3-12-9/h2-3,8H,1,4-7,10H2,(H,11,12). The lowest BCUT2D eigenvalue weighted by atomic mass is 10.1. The molecule has 1 saturated heterocycles. The minimum absolute atomic E-state index is 0.690. The van der Waals surface area contributed by atoms with Crippen LogP contribution < -0.4 is 5.73 Å². The summed E-state index contributed by atoms with van der Waals surface area (Å²) in [5.41, 5.74) is 5.62. The van der Waals surface area contributed by atoms with Crippen LogP contribution in [0.3, 0.4) is 0 Å². The number of rotatable bonds is 3. The lowest BCUT2D eigenvalue weighted by Gasteiger charge is -2.13. The fraction of sp³-hybridized carbons (Fsp3) is 0.667. The molecule has 1 aliphatic heterocycles. The number of nitrogens with one attached hydrogen (secondary N) is 1.